The third-order valence-electron chi connectivity index (χ3n) is 5.36. The lowest BCUT2D eigenvalue weighted by molar-refractivity contribution is -0.384. The fourth-order valence-corrected chi connectivity index (χ4v) is 3.51. The Labute approximate surface area is 224 Å². The minimum absolute atomic E-state index is 0.121. The van der Waals surface area contributed by atoms with Gasteiger partial charge in [0.25, 0.3) is 11.6 Å². The Balaban J connectivity index is 1.39. The zero-order valence-corrected chi connectivity index (χ0v) is 20.6. The normalized spacial score (nSPS) is 11.0. The predicted molar refractivity (Wildman–Crippen MR) is 137 cm³/mol. The van der Waals surface area contributed by atoms with Crippen molar-refractivity contribution in [2.45, 2.75) is 19.8 Å². The number of aryl methyl sites for hydroxylation is 1. The number of aromatic nitrogens is 2. The van der Waals surface area contributed by atoms with E-state index in [4.69, 9.17) is 4.74 Å². The van der Waals surface area contributed by atoms with Gasteiger partial charge in [0.1, 0.15) is 17.3 Å². The summed E-state index contributed by atoms with van der Waals surface area (Å²) in [6.07, 6.45) is -5.62. The second kappa shape index (κ2) is 11.6. The van der Waals surface area contributed by atoms with Crippen LogP contribution >= 0.6 is 0 Å². The lowest BCUT2D eigenvalue weighted by Crippen LogP contribution is -2.18. The second-order valence-corrected chi connectivity index (χ2v) is 8.10. The van der Waals surface area contributed by atoms with Gasteiger partial charge in [-0.25, -0.2) is 9.48 Å². The first-order chi connectivity index (χ1) is 19.0. The highest BCUT2D eigenvalue weighted by Crippen LogP contribution is 2.26. The van der Waals surface area contributed by atoms with Gasteiger partial charge in [0.15, 0.2) is 0 Å². The number of rotatable bonds is 8. The van der Waals surface area contributed by atoms with Crippen molar-refractivity contribution in [3.05, 3.63) is 94.5 Å². The molecule has 4 aromatic rings. The van der Waals surface area contributed by atoms with Crippen LogP contribution in [-0.2, 0) is 6.54 Å². The number of carbonyl (C=O) groups is 2. The van der Waals surface area contributed by atoms with Crippen molar-refractivity contribution >= 4 is 29.2 Å². The van der Waals surface area contributed by atoms with Crippen LogP contribution in [0.25, 0.3) is 11.3 Å². The van der Waals surface area contributed by atoms with Crippen LogP contribution in [0.3, 0.4) is 0 Å². The van der Waals surface area contributed by atoms with E-state index in [1.54, 1.807) is 35.0 Å². The molecule has 2 N–H and O–H groups in total. The highest BCUT2D eigenvalue weighted by atomic mass is 19.4. The molecule has 1 aromatic heterocycles. The summed E-state index contributed by atoms with van der Waals surface area (Å²) in [6.45, 7) is 2.24. The number of amides is 2. The Morgan fingerprint density at radius 1 is 0.950 bits per heavy atom. The highest BCUT2D eigenvalue weighted by molar-refractivity contribution is 6.04. The van der Waals surface area contributed by atoms with Crippen molar-refractivity contribution in [2.24, 2.45) is 0 Å². The molecule has 0 radical (unpaired) electrons. The number of hydrogen-bond acceptors (Lipinski definition) is 7. The number of non-ortho nitro benzene ring substituents is 1. The lowest BCUT2D eigenvalue weighted by Gasteiger charge is -2.10. The maximum atomic E-state index is 12.7. The molecule has 0 saturated heterocycles. The van der Waals surface area contributed by atoms with Gasteiger partial charge in [-0.2, -0.15) is 5.10 Å². The summed E-state index contributed by atoms with van der Waals surface area (Å²) in [7, 11) is 0. The topological polar surface area (TPSA) is 138 Å². The van der Waals surface area contributed by atoms with Crippen molar-refractivity contribution in [3.8, 4) is 22.8 Å². The second-order valence-electron chi connectivity index (χ2n) is 8.10. The highest BCUT2D eigenvalue weighted by Gasteiger charge is 2.31. The number of halogens is 3. The summed E-state index contributed by atoms with van der Waals surface area (Å²) in [4.78, 5) is 35.0. The van der Waals surface area contributed by atoms with Gasteiger partial charge in [-0.1, -0.05) is 12.1 Å². The first-order valence-corrected chi connectivity index (χ1v) is 11.6. The molecule has 0 bridgehead atoms. The Bertz CT molecular complexity index is 1520. The van der Waals surface area contributed by atoms with Crippen LogP contribution in [0.5, 0.6) is 11.5 Å². The molecule has 4 rings (SSSR count). The van der Waals surface area contributed by atoms with E-state index in [2.05, 4.69) is 20.5 Å². The van der Waals surface area contributed by atoms with Crippen LogP contribution < -0.4 is 20.1 Å². The van der Waals surface area contributed by atoms with E-state index in [0.717, 1.165) is 12.1 Å². The number of benzene rings is 3. The number of nitrogens with one attached hydrogen (secondary N) is 2. The molecule has 0 aliphatic carbocycles. The first-order valence-electron chi connectivity index (χ1n) is 11.6. The van der Waals surface area contributed by atoms with Crippen molar-refractivity contribution in [1.29, 1.82) is 0 Å². The SMILES string of the molecule is CCn1nc(-c2ccc(NC(=O)Oc3ccc([N+](=O)[O-])cc3)cc2)cc1NC(=O)c1ccc(OC(F)(F)F)cc1. The molecule has 0 fully saturated rings. The zero-order valence-electron chi connectivity index (χ0n) is 20.6. The summed E-state index contributed by atoms with van der Waals surface area (Å²) in [6, 6.07) is 17.8. The first kappa shape index (κ1) is 27.6. The molecule has 1 heterocycles. The monoisotopic (exact) mass is 555 g/mol. The Hall–Kier alpha value is -5.40. The molecule has 206 valence electrons. The maximum Gasteiger partial charge on any atom is 0.573 e. The van der Waals surface area contributed by atoms with E-state index in [1.165, 1.54) is 36.4 Å². The maximum absolute atomic E-state index is 12.7. The molecule has 0 atom stereocenters. The van der Waals surface area contributed by atoms with Crippen molar-refractivity contribution in [1.82, 2.24) is 9.78 Å². The number of hydrogen-bond donors (Lipinski definition) is 2. The summed E-state index contributed by atoms with van der Waals surface area (Å²) in [5.41, 5.74) is 1.59. The van der Waals surface area contributed by atoms with Gasteiger partial charge in [-0.3, -0.25) is 20.2 Å². The van der Waals surface area contributed by atoms with Crippen molar-refractivity contribution in [2.75, 3.05) is 10.6 Å². The molecule has 0 unspecified atom stereocenters. The van der Waals surface area contributed by atoms with Crippen LogP contribution in [0.15, 0.2) is 78.9 Å². The number of nitro groups is 1. The molecule has 14 heteroatoms. The number of alkyl halides is 3. The summed E-state index contributed by atoms with van der Waals surface area (Å²) in [5.74, 6) is -0.495. The smallest absolute Gasteiger partial charge is 0.410 e. The number of carbonyl (C=O) groups excluding carboxylic acids is 2. The van der Waals surface area contributed by atoms with Crippen molar-refractivity contribution in [3.63, 3.8) is 0 Å². The molecule has 0 spiro atoms. The third-order valence-corrected chi connectivity index (χ3v) is 5.36. The Morgan fingerprint density at radius 3 is 2.15 bits per heavy atom. The minimum Gasteiger partial charge on any atom is -0.410 e. The van der Waals surface area contributed by atoms with Crippen LogP contribution in [0.2, 0.25) is 0 Å². The van der Waals surface area contributed by atoms with Crippen LogP contribution in [-0.4, -0.2) is 33.1 Å². The Morgan fingerprint density at radius 2 is 1.57 bits per heavy atom. The summed E-state index contributed by atoms with van der Waals surface area (Å²) >= 11 is 0. The van der Waals surface area contributed by atoms with E-state index in [-0.39, 0.29) is 17.0 Å². The van der Waals surface area contributed by atoms with Crippen molar-refractivity contribution < 1.29 is 37.2 Å². The molecule has 2 amide bonds. The van der Waals surface area contributed by atoms with E-state index in [0.29, 0.717) is 29.3 Å². The van der Waals surface area contributed by atoms with E-state index >= 15 is 0 Å². The van der Waals surface area contributed by atoms with Gasteiger partial charge in [0.2, 0.25) is 0 Å². The van der Waals surface area contributed by atoms with Crippen LogP contribution in [0, 0.1) is 10.1 Å². The molecule has 0 aliphatic rings. The largest absolute Gasteiger partial charge is 0.573 e. The summed E-state index contributed by atoms with van der Waals surface area (Å²) in [5, 5.41) is 20.4. The van der Waals surface area contributed by atoms with E-state index in [9.17, 15) is 32.9 Å². The van der Waals surface area contributed by atoms with Gasteiger partial charge in [0, 0.05) is 41.6 Å². The van der Waals surface area contributed by atoms with E-state index < -0.39 is 29.0 Å². The van der Waals surface area contributed by atoms with Crippen LogP contribution in [0.1, 0.15) is 17.3 Å². The molecular weight excluding hydrogens is 535 g/mol. The summed E-state index contributed by atoms with van der Waals surface area (Å²) < 4.78 is 47.5. The number of ether oxygens (including phenoxy) is 2. The minimum atomic E-state index is -4.83. The van der Waals surface area contributed by atoms with Gasteiger partial charge in [-0.15, -0.1) is 13.2 Å². The molecule has 40 heavy (non-hydrogen) atoms. The quantitative estimate of drug-likeness (QED) is 0.194. The number of nitrogens with zero attached hydrogens (tertiary/aromatic N) is 3. The van der Waals surface area contributed by atoms with Gasteiger partial charge < -0.3 is 14.8 Å². The molecule has 0 saturated carbocycles. The van der Waals surface area contributed by atoms with Gasteiger partial charge in [-0.05, 0) is 55.5 Å². The van der Waals surface area contributed by atoms with E-state index in [1.807, 2.05) is 6.92 Å². The molecular formula is C26H20F3N5O6. The molecule has 0 aliphatic heterocycles. The van der Waals surface area contributed by atoms with Gasteiger partial charge in [0.05, 0.1) is 10.6 Å². The number of anilines is 2. The Kier molecular flexibility index (Phi) is 7.98. The zero-order chi connectivity index (χ0) is 28.9. The molecule has 11 nitrogen and oxygen atoms in total. The molecule has 3 aromatic carbocycles. The third kappa shape index (κ3) is 7.12. The lowest BCUT2D eigenvalue weighted by atomic mass is 10.1. The average molecular weight is 555 g/mol. The predicted octanol–water partition coefficient (Wildman–Crippen LogP) is 6.24. The average Bonchev–Trinajstić information content (AvgIpc) is 3.31. The van der Waals surface area contributed by atoms with Gasteiger partial charge >= 0.3 is 12.5 Å². The standard InChI is InChI=1S/C26H20F3N5O6/c1-2-33-23(31-24(35)17-5-11-21(12-6-17)40-26(27,28)29)15-22(32-33)16-3-7-18(8-4-16)30-25(36)39-20-13-9-19(10-14-20)34(37)38/h3-15H,2H2,1H3,(H,30,36)(H,31,35). The van der Waals surface area contributed by atoms with Crippen LogP contribution in [0.4, 0.5) is 35.2 Å². The fourth-order valence-electron chi connectivity index (χ4n) is 3.51. The fraction of sp³-hybridized carbons (Fsp3) is 0.115. The number of nitro benzene ring substituents is 1.